The van der Waals surface area contributed by atoms with Crippen LogP contribution in [0.1, 0.15) is 17.4 Å². The number of carboxylic acids is 1. The van der Waals surface area contributed by atoms with E-state index in [4.69, 9.17) is 14.6 Å². The van der Waals surface area contributed by atoms with E-state index in [1.165, 1.54) is 0 Å². The van der Waals surface area contributed by atoms with Gasteiger partial charge in [0.05, 0.1) is 25.1 Å². The molecule has 0 bridgehead atoms. The first-order valence-electron chi connectivity index (χ1n) is 10.7. The van der Waals surface area contributed by atoms with Gasteiger partial charge in [-0.3, -0.25) is 9.78 Å². The first-order valence-corrected chi connectivity index (χ1v) is 11.6. The summed E-state index contributed by atoms with van der Waals surface area (Å²) < 4.78 is 39.4. The fourth-order valence-corrected chi connectivity index (χ4v) is 4.25. The fraction of sp³-hybridized carbons (Fsp3) is 0.261. The number of rotatable bonds is 4. The highest BCUT2D eigenvalue weighted by molar-refractivity contribution is 7.08. The number of carbonyl (C=O) groups is 2. The highest BCUT2D eigenvalue weighted by atomic mass is 32.1. The highest BCUT2D eigenvalue weighted by Gasteiger charge is 2.38. The van der Waals surface area contributed by atoms with Crippen molar-refractivity contribution in [2.45, 2.75) is 18.7 Å². The van der Waals surface area contributed by atoms with E-state index in [1.807, 2.05) is 52.2 Å². The summed E-state index contributed by atoms with van der Waals surface area (Å²) in [7, 11) is 0. The molecule has 1 aliphatic heterocycles. The Morgan fingerprint density at radius 1 is 1.14 bits per heavy atom. The maximum atomic E-state index is 12.7. The minimum Gasteiger partial charge on any atom is -0.475 e. The minimum absolute atomic E-state index is 0.119. The summed E-state index contributed by atoms with van der Waals surface area (Å²) in [6.07, 6.45) is 0.546. The first-order chi connectivity index (χ1) is 17.2. The Hall–Kier alpha value is -3.84. The standard InChI is InChI=1S/C21H19N5O2S.C2HF3O2/c27-20(11-15-5-10-29-14-15)25-8-9-28-19(13-25)21-18-2-1-17(12-26(18)24-23-21)16-3-6-22-7-4-16;3-2(4,5)1(6)7/h1-7,10,12,14,19H,8-9,11,13H2;(H,6,7). The van der Waals surface area contributed by atoms with E-state index < -0.39 is 12.1 Å². The van der Waals surface area contributed by atoms with Crippen LogP contribution in [0.4, 0.5) is 13.2 Å². The van der Waals surface area contributed by atoms with E-state index in [2.05, 4.69) is 15.3 Å². The van der Waals surface area contributed by atoms with Gasteiger partial charge in [0, 0.05) is 30.7 Å². The Morgan fingerprint density at radius 2 is 1.89 bits per heavy atom. The molecule has 5 heterocycles. The van der Waals surface area contributed by atoms with Gasteiger partial charge in [-0.1, -0.05) is 11.3 Å². The molecule has 0 spiro atoms. The molecule has 0 aliphatic carbocycles. The molecule has 0 aromatic carbocycles. The van der Waals surface area contributed by atoms with Gasteiger partial charge in [0.25, 0.3) is 0 Å². The molecular formula is C23H20F3N5O4S. The van der Waals surface area contributed by atoms with Crippen LogP contribution in [0.5, 0.6) is 0 Å². The molecule has 1 amide bonds. The van der Waals surface area contributed by atoms with Gasteiger partial charge in [0.15, 0.2) is 0 Å². The second-order valence-electron chi connectivity index (χ2n) is 7.77. The predicted octanol–water partition coefficient (Wildman–Crippen LogP) is 3.63. The van der Waals surface area contributed by atoms with Gasteiger partial charge in [-0.05, 0) is 46.2 Å². The third kappa shape index (κ3) is 6.04. The smallest absolute Gasteiger partial charge is 0.475 e. The number of aliphatic carboxylic acids is 1. The van der Waals surface area contributed by atoms with Gasteiger partial charge < -0.3 is 14.7 Å². The van der Waals surface area contributed by atoms with Crippen molar-refractivity contribution < 1.29 is 32.6 Å². The summed E-state index contributed by atoms with van der Waals surface area (Å²) in [5, 5.41) is 19.8. The van der Waals surface area contributed by atoms with E-state index in [-0.39, 0.29) is 12.0 Å². The van der Waals surface area contributed by atoms with Crippen molar-refractivity contribution >= 4 is 28.7 Å². The molecule has 13 heteroatoms. The second kappa shape index (κ2) is 10.8. The number of halogens is 3. The van der Waals surface area contributed by atoms with Crippen LogP contribution in [0.3, 0.4) is 0 Å². The lowest BCUT2D eigenvalue weighted by Crippen LogP contribution is -2.43. The van der Waals surface area contributed by atoms with E-state index in [0.29, 0.717) is 26.1 Å². The summed E-state index contributed by atoms with van der Waals surface area (Å²) in [4.78, 5) is 27.5. The molecule has 5 rings (SSSR count). The number of carboxylic acid groups (broad SMARTS) is 1. The van der Waals surface area contributed by atoms with Crippen LogP contribution in [0.15, 0.2) is 59.7 Å². The van der Waals surface area contributed by atoms with Crippen LogP contribution in [-0.2, 0) is 20.7 Å². The number of fused-ring (bicyclic) bond motifs is 1. The van der Waals surface area contributed by atoms with Crippen LogP contribution in [0.2, 0.25) is 0 Å². The van der Waals surface area contributed by atoms with Gasteiger partial charge in [-0.25, -0.2) is 9.31 Å². The normalized spacial score (nSPS) is 15.9. The lowest BCUT2D eigenvalue weighted by molar-refractivity contribution is -0.192. The molecule has 4 aromatic rings. The minimum atomic E-state index is -5.08. The number of aromatic nitrogens is 4. The van der Waals surface area contributed by atoms with E-state index in [0.717, 1.165) is 27.9 Å². The molecule has 0 radical (unpaired) electrons. The Balaban J connectivity index is 0.000000384. The number of hydrogen-bond donors (Lipinski definition) is 1. The lowest BCUT2D eigenvalue weighted by Gasteiger charge is -2.32. The zero-order valence-electron chi connectivity index (χ0n) is 18.6. The van der Waals surface area contributed by atoms with Crippen molar-refractivity contribution in [3.63, 3.8) is 0 Å². The summed E-state index contributed by atoms with van der Waals surface area (Å²) >= 11 is 1.61. The maximum Gasteiger partial charge on any atom is 0.490 e. The van der Waals surface area contributed by atoms with E-state index >= 15 is 0 Å². The number of carbonyl (C=O) groups excluding carboxylic acids is 1. The van der Waals surface area contributed by atoms with Crippen molar-refractivity contribution in [3.05, 3.63) is 70.9 Å². The number of alkyl halides is 3. The molecule has 1 saturated heterocycles. The molecular weight excluding hydrogens is 499 g/mol. The quantitative estimate of drug-likeness (QED) is 0.439. The third-order valence-corrected chi connectivity index (χ3v) is 6.09. The topological polar surface area (TPSA) is 110 Å². The van der Waals surface area contributed by atoms with Crippen LogP contribution in [-0.4, -0.2) is 67.6 Å². The first kappa shape index (κ1) is 25.3. The van der Waals surface area contributed by atoms with E-state index in [9.17, 15) is 18.0 Å². The largest absolute Gasteiger partial charge is 0.490 e. The number of nitrogens with zero attached hydrogens (tertiary/aromatic N) is 5. The average molecular weight is 520 g/mol. The summed E-state index contributed by atoms with van der Waals surface area (Å²) in [5.41, 5.74) is 4.81. The van der Waals surface area contributed by atoms with Crippen molar-refractivity contribution in [1.82, 2.24) is 24.7 Å². The zero-order chi connectivity index (χ0) is 25.7. The zero-order valence-corrected chi connectivity index (χ0v) is 19.4. The molecule has 4 aromatic heterocycles. The summed E-state index contributed by atoms with van der Waals surface area (Å²) in [6.45, 7) is 1.59. The summed E-state index contributed by atoms with van der Waals surface area (Å²) in [5.74, 6) is -2.64. The molecule has 1 fully saturated rings. The SMILES string of the molecule is O=C(Cc1ccsc1)N1CCOC(c2nnn3cc(-c4ccncc4)ccc23)C1.O=C(O)C(F)(F)F. The molecule has 0 saturated carbocycles. The van der Waals surface area contributed by atoms with Crippen molar-refractivity contribution in [3.8, 4) is 11.1 Å². The molecule has 188 valence electrons. The fourth-order valence-electron chi connectivity index (χ4n) is 3.58. The van der Waals surface area contributed by atoms with Crippen molar-refractivity contribution in [2.75, 3.05) is 19.7 Å². The molecule has 1 atom stereocenters. The third-order valence-electron chi connectivity index (χ3n) is 5.36. The van der Waals surface area contributed by atoms with Crippen LogP contribution < -0.4 is 0 Å². The lowest BCUT2D eigenvalue weighted by atomic mass is 10.1. The van der Waals surface area contributed by atoms with Crippen molar-refractivity contribution in [2.24, 2.45) is 0 Å². The Kier molecular flexibility index (Phi) is 7.60. The molecule has 1 unspecified atom stereocenters. The molecule has 1 aliphatic rings. The highest BCUT2D eigenvalue weighted by Crippen LogP contribution is 2.27. The summed E-state index contributed by atoms with van der Waals surface area (Å²) in [6, 6.07) is 9.95. The van der Waals surface area contributed by atoms with Gasteiger partial charge in [-0.15, -0.1) is 5.10 Å². The Labute approximate surface area is 206 Å². The number of pyridine rings is 2. The molecule has 1 N–H and O–H groups in total. The second-order valence-corrected chi connectivity index (χ2v) is 8.55. The van der Waals surface area contributed by atoms with Gasteiger partial charge >= 0.3 is 12.1 Å². The number of hydrogen-bond acceptors (Lipinski definition) is 7. The van der Waals surface area contributed by atoms with Crippen LogP contribution in [0.25, 0.3) is 16.6 Å². The van der Waals surface area contributed by atoms with Crippen LogP contribution in [0, 0.1) is 0 Å². The Bertz CT molecular complexity index is 1330. The number of thiophene rings is 1. The predicted molar refractivity (Wildman–Crippen MR) is 123 cm³/mol. The maximum absolute atomic E-state index is 12.7. The van der Waals surface area contributed by atoms with Gasteiger partial charge in [0.1, 0.15) is 11.8 Å². The average Bonchev–Trinajstić information content (AvgIpc) is 3.54. The van der Waals surface area contributed by atoms with Gasteiger partial charge in [-0.2, -0.15) is 24.5 Å². The molecule has 36 heavy (non-hydrogen) atoms. The van der Waals surface area contributed by atoms with Crippen LogP contribution >= 0.6 is 11.3 Å². The monoisotopic (exact) mass is 519 g/mol. The van der Waals surface area contributed by atoms with Gasteiger partial charge in [0.2, 0.25) is 5.91 Å². The van der Waals surface area contributed by atoms with E-state index in [1.54, 1.807) is 28.2 Å². The molecule has 9 nitrogen and oxygen atoms in total. The number of ether oxygens (including phenoxy) is 1. The number of morpholine rings is 1. The van der Waals surface area contributed by atoms with Crippen molar-refractivity contribution in [1.29, 1.82) is 0 Å². The Morgan fingerprint density at radius 3 is 2.56 bits per heavy atom. The number of amides is 1.